The van der Waals surface area contributed by atoms with Gasteiger partial charge in [-0.2, -0.15) is 13.2 Å². The zero-order valence-corrected chi connectivity index (χ0v) is 13.3. The molecule has 0 radical (unpaired) electrons. The number of rotatable bonds is 5. The van der Waals surface area contributed by atoms with Crippen molar-refractivity contribution in [1.82, 2.24) is 20.3 Å². The number of amides is 3. The lowest BCUT2D eigenvalue weighted by atomic mass is 10.1. The first-order valence-electron chi connectivity index (χ1n) is 6.84. The van der Waals surface area contributed by atoms with E-state index in [2.05, 4.69) is 10.6 Å². The van der Waals surface area contributed by atoms with Gasteiger partial charge in [0, 0.05) is 32.2 Å². The number of hydrogen-bond acceptors (Lipinski definition) is 4. The Morgan fingerprint density at radius 3 is 2.13 bits per heavy atom. The molecule has 0 atom stereocenters. The van der Waals surface area contributed by atoms with Crippen molar-refractivity contribution in [2.45, 2.75) is 25.1 Å². The lowest BCUT2D eigenvalue weighted by Gasteiger charge is -2.30. The van der Waals surface area contributed by atoms with Gasteiger partial charge in [0.1, 0.15) is 0 Å². The Hall–Kier alpha value is -1.56. The molecule has 1 fully saturated rings. The maximum atomic E-state index is 11.9. The van der Waals surface area contributed by atoms with Gasteiger partial charge in [0.15, 0.2) is 0 Å². The second-order valence-corrected chi connectivity index (χ2v) is 7.07. The van der Waals surface area contributed by atoms with Crippen LogP contribution in [0.4, 0.5) is 18.0 Å². The van der Waals surface area contributed by atoms with E-state index in [0.29, 0.717) is 25.9 Å². The number of alkyl halides is 3. The highest BCUT2D eigenvalue weighted by Gasteiger charge is 2.38. The minimum Gasteiger partial charge on any atom is -0.347 e. The van der Waals surface area contributed by atoms with Crippen molar-refractivity contribution in [2.24, 2.45) is 0 Å². The maximum Gasteiger partial charge on any atom is 0.471 e. The highest BCUT2D eigenvalue weighted by atomic mass is 32.2. The first-order valence-corrected chi connectivity index (χ1v) is 8.69. The van der Waals surface area contributed by atoms with E-state index in [4.69, 9.17) is 0 Å². The summed E-state index contributed by atoms with van der Waals surface area (Å²) >= 11 is 0. The van der Waals surface area contributed by atoms with Crippen molar-refractivity contribution in [3.05, 3.63) is 0 Å². The van der Waals surface area contributed by atoms with Crippen LogP contribution in [0.3, 0.4) is 0 Å². The van der Waals surface area contributed by atoms with Gasteiger partial charge in [-0.3, -0.25) is 4.79 Å². The van der Waals surface area contributed by atoms with Gasteiger partial charge >= 0.3 is 18.1 Å². The minimum atomic E-state index is -4.95. The first-order chi connectivity index (χ1) is 10.5. The Morgan fingerprint density at radius 2 is 1.65 bits per heavy atom. The van der Waals surface area contributed by atoms with Crippen molar-refractivity contribution in [3.8, 4) is 0 Å². The van der Waals surface area contributed by atoms with E-state index >= 15 is 0 Å². The van der Waals surface area contributed by atoms with Crippen LogP contribution in [0, 0.1) is 0 Å². The summed E-state index contributed by atoms with van der Waals surface area (Å²) < 4.78 is 59.7. The summed E-state index contributed by atoms with van der Waals surface area (Å²) in [5, 5.41) is 6.54. The summed E-state index contributed by atoms with van der Waals surface area (Å²) in [6.45, 7) is 0.0883. The third kappa shape index (κ3) is 7.03. The summed E-state index contributed by atoms with van der Waals surface area (Å²) in [5.74, 6) is -2.06. The molecule has 0 aliphatic carbocycles. The fourth-order valence-corrected chi connectivity index (χ4v) is 2.89. The molecule has 0 spiro atoms. The highest BCUT2D eigenvalue weighted by Crippen LogP contribution is 2.14. The molecule has 8 nitrogen and oxygen atoms in total. The van der Waals surface area contributed by atoms with Crippen LogP contribution in [-0.2, 0) is 14.8 Å². The molecule has 1 aliphatic heterocycles. The zero-order chi connectivity index (χ0) is 17.7. The van der Waals surface area contributed by atoms with Gasteiger partial charge < -0.3 is 16.0 Å². The summed E-state index contributed by atoms with van der Waals surface area (Å²) in [6.07, 6.45) is -2.94. The van der Waals surface area contributed by atoms with E-state index in [-0.39, 0.29) is 19.1 Å². The lowest BCUT2D eigenvalue weighted by Crippen LogP contribution is -2.50. The van der Waals surface area contributed by atoms with Crippen LogP contribution in [0.25, 0.3) is 0 Å². The van der Waals surface area contributed by atoms with Gasteiger partial charge in [-0.05, 0) is 12.8 Å². The van der Waals surface area contributed by atoms with Crippen molar-refractivity contribution in [1.29, 1.82) is 0 Å². The number of carbonyl (C=O) groups excluding carboxylic acids is 2. The molecule has 1 aliphatic rings. The molecule has 3 amide bonds. The average molecular weight is 360 g/mol. The van der Waals surface area contributed by atoms with Crippen LogP contribution in [0.1, 0.15) is 12.8 Å². The number of piperidine rings is 1. The van der Waals surface area contributed by atoms with E-state index in [1.807, 2.05) is 0 Å². The fraction of sp³-hybridized carbons (Fsp3) is 0.818. The SMILES string of the molecule is CS(=O)(=O)N1CCC(NC(=O)NCCNC(=O)C(F)(F)F)CC1. The molecule has 1 rings (SSSR count). The summed E-state index contributed by atoms with van der Waals surface area (Å²) in [5.41, 5.74) is 0. The number of sulfonamides is 1. The molecule has 23 heavy (non-hydrogen) atoms. The van der Waals surface area contributed by atoms with Gasteiger partial charge in [0.2, 0.25) is 10.0 Å². The number of carbonyl (C=O) groups is 2. The predicted molar refractivity (Wildman–Crippen MR) is 75.0 cm³/mol. The highest BCUT2D eigenvalue weighted by molar-refractivity contribution is 7.88. The third-order valence-corrected chi connectivity index (χ3v) is 4.51. The Labute approximate surface area is 131 Å². The van der Waals surface area contributed by atoms with E-state index in [9.17, 15) is 31.2 Å². The Balaban J connectivity index is 2.20. The molecule has 1 heterocycles. The first kappa shape index (κ1) is 19.5. The molecule has 134 valence electrons. The largest absolute Gasteiger partial charge is 0.471 e. The van der Waals surface area contributed by atoms with Crippen LogP contribution in [0.15, 0.2) is 0 Å². The van der Waals surface area contributed by atoms with Gasteiger partial charge in [-0.1, -0.05) is 0 Å². The normalized spacial score (nSPS) is 17.6. The van der Waals surface area contributed by atoms with Crippen LogP contribution < -0.4 is 16.0 Å². The number of urea groups is 1. The molecule has 3 N–H and O–H groups in total. The molecule has 0 aromatic heterocycles. The number of halogens is 3. The molecule has 12 heteroatoms. The zero-order valence-electron chi connectivity index (χ0n) is 12.4. The monoisotopic (exact) mass is 360 g/mol. The van der Waals surface area contributed by atoms with Gasteiger partial charge in [0.05, 0.1) is 6.26 Å². The molecule has 0 aromatic carbocycles. The van der Waals surface area contributed by atoms with Crippen molar-refractivity contribution >= 4 is 22.0 Å². The van der Waals surface area contributed by atoms with Crippen LogP contribution >= 0.6 is 0 Å². The predicted octanol–water partition coefficient (Wildman–Crippen LogP) is -0.612. The molecule has 0 bridgehead atoms. The van der Waals surface area contributed by atoms with E-state index in [0.717, 1.165) is 6.26 Å². The molecule has 0 saturated carbocycles. The smallest absolute Gasteiger partial charge is 0.347 e. The second kappa shape index (κ2) is 7.81. The molecular weight excluding hydrogens is 341 g/mol. The second-order valence-electron chi connectivity index (χ2n) is 5.09. The van der Waals surface area contributed by atoms with Crippen molar-refractivity contribution < 1.29 is 31.2 Å². The number of nitrogens with zero attached hydrogens (tertiary/aromatic N) is 1. The maximum absolute atomic E-state index is 11.9. The lowest BCUT2D eigenvalue weighted by molar-refractivity contribution is -0.173. The van der Waals surface area contributed by atoms with E-state index in [1.54, 1.807) is 5.32 Å². The summed E-state index contributed by atoms with van der Waals surface area (Å²) in [6, 6.07) is -0.790. The standard InChI is InChI=1S/C11H19F3N4O4S/c1-23(21,22)18-6-2-8(3-7-18)17-10(20)16-5-4-15-9(19)11(12,13)14/h8H,2-7H2,1H3,(H,15,19)(H2,16,17,20). The number of nitrogens with one attached hydrogen (secondary N) is 3. The molecule has 0 unspecified atom stereocenters. The average Bonchev–Trinajstić information content (AvgIpc) is 2.42. The van der Waals surface area contributed by atoms with Crippen LogP contribution in [0.5, 0.6) is 0 Å². The Morgan fingerprint density at radius 1 is 1.13 bits per heavy atom. The van der Waals surface area contributed by atoms with Crippen molar-refractivity contribution in [2.75, 3.05) is 32.4 Å². The molecular formula is C11H19F3N4O4S. The fourth-order valence-electron chi connectivity index (χ4n) is 2.02. The van der Waals surface area contributed by atoms with E-state index in [1.165, 1.54) is 4.31 Å². The Kier molecular flexibility index (Phi) is 6.62. The van der Waals surface area contributed by atoms with Gasteiger partial charge in [-0.25, -0.2) is 17.5 Å². The Bertz CT molecular complexity index is 530. The van der Waals surface area contributed by atoms with E-state index < -0.39 is 28.1 Å². The number of hydrogen-bond donors (Lipinski definition) is 3. The third-order valence-electron chi connectivity index (χ3n) is 3.21. The quantitative estimate of drug-likeness (QED) is 0.569. The molecule has 1 saturated heterocycles. The topological polar surface area (TPSA) is 108 Å². The van der Waals surface area contributed by atoms with Crippen LogP contribution in [0.2, 0.25) is 0 Å². The minimum absolute atomic E-state index is 0.157. The van der Waals surface area contributed by atoms with Gasteiger partial charge in [-0.15, -0.1) is 0 Å². The van der Waals surface area contributed by atoms with Crippen LogP contribution in [-0.4, -0.2) is 69.3 Å². The van der Waals surface area contributed by atoms with Gasteiger partial charge in [0.25, 0.3) is 0 Å². The molecule has 0 aromatic rings. The van der Waals surface area contributed by atoms with Crippen molar-refractivity contribution in [3.63, 3.8) is 0 Å². The summed E-state index contributed by atoms with van der Waals surface area (Å²) in [7, 11) is -3.24. The summed E-state index contributed by atoms with van der Waals surface area (Å²) in [4.78, 5) is 22.1.